The first-order chi connectivity index (χ1) is 13.2. The number of aryl methyl sites for hydroxylation is 1. The molecule has 6 heteroatoms. The van der Waals surface area contributed by atoms with Gasteiger partial charge in [-0.1, -0.05) is 6.07 Å². The number of carbonyl (C=O) groups is 1. The molecule has 1 amide bonds. The molecule has 0 spiro atoms. The number of nitrogens with zero attached hydrogens (tertiary/aromatic N) is 4. The first-order valence-corrected chi connectivity index (χ1v) is 8.45. The number of nitrogens with one attached hydrogen (secondary N) is 1. The maximum absolute atomic E-state index is 12.3. The van der Waals surface area contributed by atoms with Crippen LogP contribution in [0.15, 0.2) is 73.6 Å². The first kappa shape index (κ1) is 16.7. The van der Waals surface area contributed by atoms with Gasteiger partial charge in [-0.3, -0.25) is 19.4 Å². The smallest absolute Gasteiger partial charge is 0.248 e. The normalized spacial score (nSPS) is 11.1. The van der Waals surface area contributed by atoms with Gasteiger partial charge in [0.25, 0.3) is 0 Å². The topological polar surface area (TPSA) is 72.7 Å². The largest absolute Gasteiger partial charge is 0.322 e. The summed E-state index contributed by atoms with van der Waals surface area (Å²) in [5, 5.41) is 9.14. The lowest BCUT2D eigenvalue weighted by Gasteiger charge is -2.05. The van der Waals surface area contributed by atoms with Crippen molar-refractivity contribution >= 4 is 28.4 Å². The number of anilines is 1. The zero-order chi connectivity index (χ0) is 18.6. The third-order valence-corrected chi connectivity index (χ3v) is 4.19. The van der Waals surface area contributed by atoms with Crippen LogP contribution in [0.2, 0.25) is 0 Å². The van der Waals surface area contributed by atoms with Crippen LogP contribution < -0.4 is 5.32 Å². The van der Waals surface area contributed by atoms with Crippen LogP contribution in [0.3, 0.4) is 0 Å². The zero-order valence-corrected chi connectivity index (χ0v) is 14.7. The summed E-state index contributed by atoms with van der Waals surface area (Å²) < 4.78 is 1.74. The molecule has 0 fully saturated rings. The minimum Gasteiger partial charge on any atom is -0.322 e. The lowest BCUT2D eigenvalue weighted by atomic mass is 10.0. The maximum Gasteiger partial charge on any atom is 0.248 e. The van der Waals surface area contributed by atoms with E-state index in [-0.39, 0.29) is 5.91 Å². The van der Waals surface area contributed by atoms with Crippen LogP contribution in [0.4, 0.5) is 5.69 Å². The van der Waals surface area contributed by atoms with Gasteiger partial charge in [0.15, 0.2) is 0 Å². The lowest BCUT2D eigenvalue weighted by Crippen LogP contribution is -2.07. The molecule has 3 aromatic heterocycles. The molecule has 4 rings (SSSR count). The Bertz CT molecular complexity index is 1150. The van der Waals surface area contributed by atoms with E-state index in [2.05, 4.69) is 20.4 Å². The minimum atomic E-state index is -0.204. The summed E-state index contributed by atoms with van der Waals surface area (Å²) >= 11 is 0. The van der Waals surface area contributed by atoms with E-state index in [1.165, 1.54) is 6.08 Å². The first-order valence-electron chi connectivity index (χ1n) is 8.45. The highest BCUT2D eigenvalue weighted by Crippen LogP contribution is 2.23. The predicted molar refractivity (Wildman–Crippen MR) is 106 cm³/mol. The zero-order valence-electron chi connectivity index (χ0n) is 14.7. The Kier molecular flexibility index (Phi) is 4.45. The number of amides is 1. The van der Waals surface area contributed by atoms with Crippen molar-refractivity contribution < 1.29 is 4.79 Å². The van der Waals surface area contributed by atoms with Crippen LogP contribution in [-0.2, 0) is 11.8 Å². The van der Waals surface area contributed by atoms with E-state index < -0.39 is 0 Å². The fourth-order valence-electron chi connectivity index (χ4n) is 2.87. The number of rotatable bonds is 4. The molecule has 3 heterocycles. The molecule has 4 aromatic rings. The van der Waals surface area contributed by atoms with Gasteiger partial charge >= 0.3 is 0 Å². The van der Waals surface area contributed by atoms with E-state index >= 15 is 0 Å². The average Bonchev–Trinajstić information content (AvgIpc) is 3.13. The van der Waals surface area contributed by atoms with Crippen molar-refractivity contribution in [3.8, 4) is 11.1 Å². The predicted octanol–water partition coefficient (Wildman–Crippen LogP) is 3.68. The number of carbonyl (C=O) groups excluding carboxylic acids is 1. The molecule has 1 aromatic carbocycles. The average molecular weight is 355 g/mol. The monoisotopic (exact) mass is 355 g/mol. The Hall–Kier alpha value is -3.80. The molecular weight excluding hydrogens is 338 g/mol. The fraction of sp³-hybridized carbons (Fsp3) is 0.0476. The van der Waals surface area contributed by atoms with E-state index in [9.17, 15) is 4.79 Å². The molecular formula is C21H17N5O. The van der Waals surface area contributed by atoms with Crippen molar-refractivity contribution in [1.82, 2.24) is 19.7 Å². The molecule has 6 nitrogen and oxygen atoms in total. The quantitative estimate of drug-likeness (QED) is 0.567. The number of benzene rings is 1. The summed E-state index contributed by atoms with van der Waals surface area (Å²) in [6.07, 6.45) is 14.0. The van der Waals surface area contributed by atoms with Crippen LogP contribution in [0.1, 0.15) is 5.56 Å². The maximum atomic E-state index is 12.3. The molecule has 0 aliphatic carbocycles. The highest BCUT2D eigenvalue weighted by atomic mass is 16.1. The Morgan fingerprint density at radius 1 is 1.04 bits per heavy atom. The lowest BCUT2D eigenvalue weighted by molar-refractivity contribution is -0.111. The van der Waals surface area contributed by atoms with Crippen molar-refractivity contribution in [2.24, 2.45) is 7.05 Å². The fourth-order valence-corrected chi connectivity index (χ4v) is 2.87. The molecule has 0 aliphatic heterocycles. The molecule has 0 aliphatic rings. The molecule has 1 N–H and O–H groups in total. The second-order valence-electron chi connectivity index (χ2n) is 6.13. The van der Waals surface area contributed by atoms with Gasteiger partial charge in [0.1, 0.15) is 0 Å². The van der Waals surface area contributed by atoms with Gasteiger partial charge in [-0.2, -0.15) is 5.10 Å². The van der Waals surface area contributed by atoms with Gasteiger partial charge < -0.3 is 5.32 Å². The van der Waals surface area contributed by atoms with E-state index in [0.29, 0.717) is 0 Å². The Morgan fingerprint density at radius 3 is 2.74 bits per heavy atom. The molecule has 27 heavy (non-hydrogen) atoms. The molecule has 0 saturated carbocycles. The standard InChI is InChI=1S/C21H17N5O/c1-26-14-18(13-24-26)20-7-9-23-12-17(20)3-5-21(27)25-19-4-2-16-11-22-8-6-15(16)10-19/h2-14H,1H3,(H,25,27)/b5-3+. The van der Waals surface area contributed by atoms with Crippen LogP contribution in [0.25, 0.3) is 28.0 Å². The van der Waals surface area contributed by atoms with Crippen LogP contribution in [-0.4, -0.2) is 25.7 Å². The van der Waals surface area contributed by atoms with E-state index in [1.807, 2.05) is 43.6 Å². The number of hydrogen-bond acceptors (Lipinski definition) is 4. The van der Waals surface area contributed by atoms with Crippen LogP contribution in [0, 0.1) is 0 Å². The number of aromatic nitrogens is 4. The molecule has 0 atom stereocenters. The molecule has 0 unspecified atom stereocenters. The van der Waals surface area contributed by atoms with Crippen LogP contribution in [0.5, 0.6) is 0 Å². The number of hydrogen-bond donors (Lipinski definition) is 1. The number of pyridine rings is 2. The van der Waals surface area contributed by atoms with Crippen molar-refractivity contribution in [2.75, 3.05) is 5.32 Å². The van der Waals surface area contributed by atoms with Gasteiger partial charge in [-0.05, 0) is 41.3 Å². The van der Waals surface area contributed by atoms with Gasteiger partial charge in [0, 0.05) is 66.3 Å². The summed E-state index contributed by atoms with van der Waals surface area (Å²) in [5.41, 5.74) is 3.54. The molecule has 0 bridgehead atoms. The number of fused-ring (bicyclic) bond motifs is 1. The highest BCUT2D eigenvalue weighted by molar-refractivity contribution is 6.03. The summed E-state index contributed by atoms with van der Waals surface area (Å²) in [6.45, 7) is 0. The summed E-state index contributed by atoms with van der Waals surface area (Å²) in [5.74, 6) is -0.204. The van der Waals surface area contributed by atoms with Crippen molar-refractivity contribution in [1.29, 1.82) is 0 Å². The third kappa shape index (κ3) is 3.74. The molecule has 0 radical (unpaired) electrons. The Morgan fingerprint density at radius 2 is 1.89 bits per heavy atom. The van der Waals surface area contributed by atoms with Gasteiger partial charge in [0.2, 0.25) is 5.91 Å². The summed E-state index contributed by atoms with van der Waals surface area (Å²) in [4.78, 5) is 20.6. The van der Waals surface area contributed by atoms with Crippen molar-refractivity contribution in [2.45, 2.75) is 0 Å². The van der Waals surface area contributed by atoms with Crippen molar-refractivity contribution in [3.63, 3.8) is 0 Å². The van der Waals surface area contributed by atoms with Gasteiger partial charge in [-0.15, -0.1) is 0 Å². The van der Waals surface area contributed by atoms with E-state index in [0.717, 1.165) is 33.2 Å². The summed E-state index contributed by atoms with van der Waals surface area (Å²) in [7, 11) is 1.87. The third-order valence-electron chi connectivity index (χ3n) is 4.19. The van der Waals surface area contributed by atoms with Gasteiger partial charge in [-0.25, -0.2) is 0 Å². The SMILES string of the molecule is Cn1cc(-c2ccncc2/C=C/C(=O)Nc2ccc3cnccc3c2)cn1. The Labute approximate surface area is 156 Å². The van der Waals surface area contributed by atoms with Crippen LogP contribution >= 0.6 is 0 Å². The van der Waals surface area contributed by atoms with Crippen molar-refractivity contribution in [3.05, 3.63) is 79.2 Å². The molecule has 132 valence electrons. The van der Waals surface area contributed by atoms with E-state index in [4.69, 9.17) is 0 Å². The second kappa shape index (κ2) is 7.21. The highest BCUT2D eigenvalue weighted by Gasteiger charge is 2.06. The second-order valence-corrected chi connectivity index (χ2v) is 6.13. The molecule has 0 saturated heterocycles. The minimum absolute atomic E-state index is 0.204. The van der Waals surface area contributed by atoms with Gasteiger partial charge in [0.05, 0.1) is 6.20 Å². The van der Waals surface area contributed by atoms with E-state index in [1.54, 1.807) is 41.7 Å². The Balaban J connectivity index is 1.53. The summed E-state index contributed by atoms with van der Waals surface area (Å²) in [6, 6.07) is 9.54.